The molecule has 0 aliphatic carbocycles. The van der Waals surface area contributed by atoms with Crippen molar-refractivity contribution >= 4 is 34.2 Å². The van der Waals surface area contributed by atoms with E-state index in [0.29, 0.717) is 12.3 Å². The molecule has 130 valence electrons. The second-order valence-corrected chi connectivity index (χ2v) is 6.90. The molecule has 1 heterocycles. The zero-order chi connectivity index (χ0) is 16.1. The van der Waals surface area contributed by atoms with Crippen LogP contribution in [-0.2, 0) is 11.2 Å². The largest absolute Gasteiger partial charge is 0.496 e. The average molecular weight is 406 g/mol. The summed E-state index contributed by atoms with van der Waals surface area (Å²) in [6.45, 7) is 3.75. The van der Waals surface area contributed by atoms with Crippen molar-refractivity contribution in [3.8, 4) is 5.75 Å². The van der Waals surface area contributed by atoms with Gasteiger partial charge < -0.3 is 15.4 Å². The molecule has 1 aromatic carbocycles. The number of carbonyl (C=O) groups excluding carboxylic acids is 1. The van der Waals surface area contributed by atoms with Crippen LogP contribution in [0.1, 0.15) is 31.7 Å². The van der Waals surface area contributed by atoms with Gasteiger partial charge in [-0.15, -0.1) is 12.4 Å². The average Bonchev–Trinajstić information content (AvgIpc) is 2.52. The molecule has 0 aromatic heterocycles. The number of rotatable bonds is 5. The number of likely N-dealkylation sites (tertiary alicyclic amines) is 1. The molecule has 0 spiro atoms. The Morgan fingerprint density at radius 1 is 1.43 bits per heavy atom. The molecule has 1 aromatic rings. The van der Waals surface area contributed by atoms with Gasteiger partial charge >= 0.3 is 0 Å². The zero-order valence-corrected chi connectivity index (χ0v) is 16.2. The number of ether oxygens (including phenoxy) is 1. The van der Waals surface area contributed by atoms with E-state index in [1.165, 1.54) is 0 Å². The van der Waals surface area contributed by atoms with Crippen molar-refractivity contribution in [2.24, 2.45) is 11.7 Å². The Balaban J connectivity index is 0.00000264. The summed E-state index contributed by atoms with van der Waals surface area (Å²) in [5, 5.41) is 0. The van der Waals surface area contributed by atoms with Gasteiger partial charge in [-0.2, -0.15) is 0 Å². The van der Waals surface area contributed by atoms with Crippen LogP contribution in [0.3, 0.4) is 0 Å². The molecule has 1 fully saturated rings. The molecule has 23 heavy (non-hydrogen) atoms. The number of hydrogen-bond donors (Lipinski definition) is 1. The Labute approximate surface area is 153 Å². The van der Waals surface area contributed by atoms with Crippen LogP contribution in [0.4, 0.5) is 0 Å². The number of benzene rings is 1. The highest BCUT2D eigenvalue weighted by Crippen LogP contribution is 2.26. The molecule has 1 amide bonds. The number of methoxy groups -OCH3 is 1. The van der Waals surface area contributed by atoms with Gasteiger partial charge in [0, 0.05) is 25.6 Å². The van der Waals surface area contributed by atoms with Crippen molar-refractivity contribution in [2.75, 3.05) is 20.2 Å². The normalized spacial score (nSPS) is 16.6. The van der Waals surface area contributed by atoms with Gasteiger partial charge in [-0.25, -0.2) is 0 Å². The van der Waals surface area contributed by atoms with Gasteiger partial charge in [-0.1, -0.05) is 6.07 Å². The topological polar surface area (TPSA) is 55.6 Å². The van der Waals surface area contributed by atoms with E-state index in [-0.39, 0.29) is 24.4 Å². The molecule has 1 saturated heterocycles. The molecule has 0 saturated carbocycles. The maximum atomic E-state index is 12.3. The molecule has 1 atom stereocenters. The van der Waals surface area contributed by atoms with Gasteiger partial charge in [0.05, 0.1) is 11.6 Å². The molecule has 2 N–H and O–H groups in total. The van der Waals surface area contributed by atoms with E-state index in [1.807, 2.05) is 23.1 Å². The maximum absolute atomic E-state index is 12.3. The molecule has 0 radical (unpaired) electrons. The van der Waals surface area contributed by atoms with Crippen LogP contribution in [0.15, 0.2) is 22.7 Å². The summed E-state index contributed by atoms with van der Waals surface area (Å²) < 4.78 is 6.15. The fourth-order valence-corrected chi connectivity index (χ4v) is 3.54. The summed E-state index contributed by atoms with van der Waals surface area (Å²) in [6, 6.07) is 6.19. The van der Waals surface area contributed by atoms with Gasteiger partial charge in [-0.05, 0) is 65.7 Å². The fraction of sp³-hybridized carbons (Fsp3) is 0.588. The van der Waals surface area contributed by atoms with Crippen LogP contribution in [0, 0.1) is 5.92 Å². The number of aryl methyl sites for hydroxylation is 1. The van der Waals surface area contributed by atoms with Crippen LogP contribution in [0.2, 0.25) is 0 Å². The van der Waals surface area contributed by atoms with Crippen LogP contribution in [0.25, 0.3) is 0 Å². The second kappa shape index (κ2) is 9.50. The fourth-order valence-electron chi connectivity index (χ4n) is 2.95. The highest BCUT2D eigenvalue weighted by atomic mass is 79.9. The summed E-state index contributed by atoms with van der Waals surface area (Å²) in [5.41, 5.74) is 7.09. The predicted molar refractivity (Wildman–Crippen MR) is 99.2 cm³/mol. The molecular formula is C17H26BrClN2O2. The molecular weight excluding hydrogens is 380 g/mol. The molecule has 4 nitrogen and oxygen atoms in total. The molecule has 1 aliphatic rings. The van der Waals surface area contributed by atoms with Crippen LogP contribution in [-0.4, -0.2) is 37.0 Å². The van der Waals surface area contributed by atoms with E-state index in [2.05, 4.69) is 22.9 Å². The summed E-state index contributed by atoms with van der Waals surface area (Å²) in [6.07, 6.45) is 3.37. The van der Waals surface area contributed by atoms with Crippen LogP contribution in [0.5, 0.6) is 5.75 Å². The Morgan fingerprint density at radius 2 is 2.09 bits per heavy atom. The van der Waals surface area contributed by atoms with E-state index in [0.717, 1.165) is 48.1 Å². The third-order valence-electron chi connectivity index (χ3n) is 4.48. The van der Waals surface area contributed by atoms with E-state index < -0.39 is 0 Å². The Morgan fingerprint density at radius 3 is 2.61 bits per heavy atom. The minimum Gasteiger partial charge on any atom is -0.496 e. The van der Waals surface area contributed by atoms with Crippen molar-refractivity contribution in [3.63, 3.8) is 0 Å². The molecule has 0 bridgehead atoms. The minimum absolute atomic E-state index is 0. The van der Waals surface area contributed by atoms with E-state index in [1.54, 1.807) is 7.11 Å². The van der Waals surface area contributed by atoms with Gasteiger partial charge in [0.25, 0.3) is 0 Å². The number of amides is 1. The second-order valence-electron chi connectivity index (χ2n) is 6.05. The monoisotopic (exact) mass is 404 g/mol. The first-order valence-electron chi connectivity index (χ1n) is 7.87. The number of piperidine rings is 1. The third-order valence-corrected chi connectivity index (χ3v) is 5.10. The van der Waals surface area contributed by atoms with Crippen molar-refractivity contribution in [3.05, 3.63) is 28.2 Å². The van der Waals surface area contributed by atoms with Crippen LogP contribution < -0.4 is 10.5 Å². The number of hydrogen-bond acceptors (Lipinski definition) is 3. The first kappa shape index (κ1) is 20.3. The highest BCUT2D eigenvalue weighted by molar-refractivity contribution is 9.10. The summed E-state index contributed by atoms with van der Waals surface area (Å²) in [7, 11) is 1.65. The molecule has 2 rings (SSSR count). The predicted octanol–water partition coefficient (Wildman–Crippen LogP) is 3.40. The maximum Gasteiger partial charge on any atom is 0.222 e. The first-order valence-corrected chi connectivity index (χ1v) is 8.66. The standard InChI is InChI=1S/C17H25BrN2O2.ClH/c1-12(19)14-7-9-20(10-8-14)17(21)6-4-13-3-5-16(22-2)15(18)11-13;/h3,5,11-12,14H,4,6-10,19H2,1-2H3;1H. The van der Waals surface area contributed by atoms with Gasteiger partial charge in [-0.3, -0.25) is 4.79 Å². The number of halogens is 2. The Bertz CT molecular complexity index is 517. The minimum atomic E-state index is 0. The third kappa shape index (κ3) is 5.66. The van der Waals surface area contributed by atoms with E-state index in [9.17, 15) is 4.79 Å². The summed E-state index contributed by atoms with van der Waals surface area (Å²) in [5.74, 6) is 1.62. The van der Waals surface area contributed by atoms with Crippen LogP contribution >= 0.6 is 28.3 Å². The van der Waals surface area contributed by atoms with Crippen molar-refractivity contribution in [1.82, 2.24) is 4.90 Å². The van der Waals surface area contributed by atoms with Gasteiger partial charge in [0.1, 0.15) is 5.75 Å². The van der Waals surface area contributed by atoms with Crippen molar-refractivity contribution in [2.45, 2.75) is 38.6 Å². The quantitative estimate of drug-likeness (QED) is 0.817. The number of nitrogens with two attached hydrogens (primary N) is 1. The molecule has 1 unspecified atom stereocenters. The number of carbonyl (C=O) groups is 1. The lowest BCUT2D eigenvalue weighted by Gasteiger charge is -2.33. The summed E-state index contributed by atoms with van der Waals surface area (Å²) >= 11 is 3.48. The van der Waals surface area contributed by atoms with Gasteiger partial charge in [0.2, 0.25) is 5.91 Å². The smallest absolute Gasteiger partial charge is 0.222 e. The Kier molecular flexibility index (Phi) is 8.37. The first-order chi connectivity index (χ1) is 10.5. The van der Waals surface area contributed by atoms with Crippen molar-refractivity contribution in [1.29, 1.82) is 0 Å². The molecule has 1 aliphatic heterocycles. The molecule has 6 heteroatoms. The SMILES string of the molecule is COc1ccc(CCC(=O)N2CCC(C(C)N)CC2)cc1Br.Cl. The Hall–Kier alpha value is -0.780. The number of nitrogens with zero attached hydrogens (tertiary/aromatic N) is 1. The van der Waals surface area contributed by atoms with E-state index >= 15 is 0 Å². The lowest BCUT2D eigenvalue weighted by molar-refractivity contribution is -0.132. The lowest BCUT2D eigenvalue weighted by atomic mass is 9.91. The van der Waals surface area contributed by atoms with Gasteiger partial charge in [0.15, 0.2) is 0 Å². The zero-order valence-electron chi connectivity index (χ0n) is 13.8. The highest BCUT2D eigenvalue weighted by Gasteiger charge is 2.24. The van der Waals surface area contributed by atoms with Crippen molar-refractivity contribution < 1.29 is 9.53 Å². The lowest BCUT2D eigenvalue weighted by Crippen LogP contribution is -2.42. The summed E-state index contributed by atoms with van der Waals surface area (Å²) in [4.78, 5) is 14.3. The van der Waals surface area contributed by atoms with E-state index in [4.69, 9.17) is 10.5 Å².